The largest absolute Gasteiger partial charge is 0.346 e. The van der Waals surface area contributed by atoms with E-state index in [1.54, 1.807) is 6.07 Å². The fraction of sp³-hybridized carbons (Fsp3) is 0.275. The zero-order valence-electron chi connectivity index (χ0n) is 32.9. The van der Waals surface area contributed by atoms with Crippen molar-refractivity contribution < 1.29 is 53.1 Å². The Labute approximate surface area is 362 Å². The first kappa shape index (κ1) is 45.5. The normalized spacial score (nSPS) is 13.9. The van der Waals surface area contributed by atoms with Gasteiger partial charge in [0, 0.05) is 29.7 Å². The van der Waals surface area contributed by atoms with E-state index in [1.165, 1.54) is 49.6 Å². The molecule has 0 radical (unpaired) electrons. The van der Waals surface area contributed by atoms with E-state index in [-0.39, 0.29) is 62.2 Å². The van der Waals surface area contributed by atoms with Gasteiger partial charge < -0.3 is 10.6 Å². The van der Waals surface area contributed by atoms with E-state index in [4.69, 9.17) is 11.6 Å². The molecule has 3 aromatic carbocycles. The maximum absolute atomic E-state index is 14.4. The van der Waals surface area contributed by atoms with Crippen molar-refractivity contribution in [3.05, 3.63) is 112 Å². The number of halogens is 9. The number of rotatable bonds is 17. The third kappa shape index (κ3) is 10.5. The van der Waals surface area contributed by atoms with Crippen LogP contribution in [0.15, 0.2) is 78.0 Å². The van der Waals surface area contributed by atoms with Crippen molar-refractivity contribution in [2.24, 2.45) is 4.99 Å². The molecule has 3 N–H and O–H groups in total. The Morgan fingerprint density at radius 1 is 0.906 bits per heavy atom. The van der Waals surface area contributed by atoms with Gasteiger partial charge in [-0.25, -0.2) is 53.5 Å². The lowest BCUT2D eigenvalue weighted by Gasteiger charge is -2.20. The van der Waals surface area contributed by atoms with E-state index >= 15 is 0 Å². The van der Waals surface area contributed by atoms with Crippen LogP contribution in [-0.2, 0) is 34.3 Å². The first-order valence-corrected chi connectivity index (χ1v) is 20.9. The SMILES string of the molecule is CC(=Nc1cc(-c2ncccn2)ccc1C(=O)Nc1ccc(Cl)c2c(NS(=O)(=O)C3CC3)nn(CC(F)F)c12)[C@H](Cc1cc(F)cc(F)c1)NC(=O)Cn1nc(C(F)F)cc1C(F)F. The number of aromatic nitrogens is 6. The maximum Gasteiger partial charge on any atom is 0.282 e. The lowest BCUT2D eigenvalue weighted by atomic mass is 10.0. The van der Waals surface area contributed by atoms with Crippen LogP contribution >= 0.6 is 11.6 Å². The molecule has 3 heterocycles. The van der Waals surface area contributed by atoms with Gasteiger partial charge in [-0.15, -0.1) is 0 Å². The molecule has 14 nitrogen and oxygen atoms in total. The summed E-state index contributed by atoms with van der Waals surface area (Å²) in [6.45, 7) is -0.633. The number of nitrogens with one attached hydrogen (secondary N) is 3. The number of carbonyl (C=O) groups excluding carboxylic acids is 2. The van der Waals surface area contributed by atoms with Gasteiger partial charge >= 0.3 is 0 Å². The van der Waals surface area contributed by atoms with Crippen molar-refractivity contribution in [1.29, 1.82) is 0 Å². The van der Waals surface area contributed by atoms with Crippen LogP contribution in [0.25, 0.3) is 22.3 Å². The molecule has 1 aliphatic rings. The smallest absolute Gasteiger partial charge is 0.282 e. The number of benzene rings is 3. The second-order valence-corrected chi connectivity index (χ2v) is 16.8. The molecule has 0 unspecified atom stereocenters. The second-order valence-electron chi connectivity index (χ2n) is 14.5. The number of hydrogen-bond donors (Lipinski definition) is 3. The van der Waals surface area contributed by atoms with Crippen molar-refractivity contribution in [3.63, 3.8) is 0 Å². The molecule has 336 valence electrons. The Hall–Kier alpha value is -6.49. The van der Waals surface area contributed by atoms with Crippen molar-refractivity contribution in [2.75, 3.05) is 10.0 Å². The van der Waals surface area contributed by atoms with Crippen molar-refractivity contribution in [2.45, 2.75) is 69.8 Å². The Balaban J connectivity index is 1.29. The number of fused-ring (bicyclic) bond motifs is 1. The molecular formula is C40H33ClF8N10O4S. The minimum absolute atomic E-state index is 0.0000489. The van der Waals surface area contributed by atoms with Crippen LogP contribution in [0.1, 0.15) is 59.9 Å². The van der Waals surface area contributed by atoms with E-state index in [0.717, 1.165) is 16.8 Å². The average Bonchev–Trinajstić information content (AvgIpc) is 3.92. The molecule has 64 heavy (non-hydrogen) atoms. The molecule has 7 rings (SSSR count). The summed E-state index contributed by atoms with van der Waals surface area (Å²) in [7, 11) is -3.96. The highest BCUT2D eigenvalue weighted by molar-refractivity contribution is 7.93. The van der Waals surface area contributed by atoms with Gasteiger partial charge in [0.05, 0.1) is 44.2 Å². The molecule has 2 amide bonds. The number of carbonyl (C=O) groups is 2. The van der Waals surface area contributed by atoms with Crippen LogP contribution in [0, 0.1) is 11.6 Å². The zero-order chi connectivity index (χ0) is 46.0. The number of amides is 2. The fourth-order valence-electron chi connectivity index (χ4n) is 6.68. The van der Waals surface area contributed by atoms with E-state index in [0.29, 0.717) is 35.2 Å². The van der Waals surface area contributed by atoms with Gasteiger partial charge in [0.2, 0.25) is 15.9 Å². The summed E-state index contributed by atoms with van der Waals surface area (Å²) in [5.74, 6) is -4.05. The third-order valence-electron chi connectivity index (χ3n) is 9.74. The first-order chi connectivity index (χ1) is 30.4. The molecule has 0 aliphatic heterocycles. The quantitative estimate of drug-likeness (QED) is 0.0603. The van der Waals surface area contributed by atoms with Gasteiger partial charge in [0.1, 0.15) is 36.1 Å². The fourth-order valence-corrected chi connectivity index (χ4v) is 8.26. The van der Waals surface area contributed by atoms with Gasteiger partial charge in [-0.3, -0.25) is 28.7 Å². The third-order valence-corrected chi connectivity index (χ3v) is 11.9. The Bertz CT molecular complexity index is 2860. The van der Waals surface area contributed by atoms with Crippen LogP contribution in [-0.4, -0.2) is 73.2 Å². The van der Waals surface area contributed by atoms with E-state index in [2.05, 4.69) is 40.5 Å². The second kappa shape index (κ2) is 18.7. The van der Waals surface area contributed by atoms with Gasteiger partial charge in [0.15, 0.2) is 11.6 Å². The molecular weight excluding hydrogens is 904 g/mol. The monoisotopic (exact) mass is 936 g/mol. The van der Waals surface area contributed by atoms with E-state index in [1.807, 2.05) is 0 Å². The molecule has 24 heteroatoms. The Kier molecular flexibility index (Phi) is 13.3. The topological polar surface area (TPSA) is 178 Å². The Morgan fingerprint density at radius 2 is 1.61 bits per heavy atom. The molecule has 3 aromatic heterocycles. The lowest BCUT2D eigenvalue weighted by Crippen LogP contribution is -2.43. The molecule has 0 saturated heterocycles. The molecule has 1 fully saturated rings. The zero-order valence-corrected chi connectivity index (χ0v) is 34.5. The van der Waals surface area contributed by atoms with E-state index in [9.17, 15) is 53.1 Å². The molecule has 1 atom stereocenters. The number of anilines is 2. The van der Waals surface area contributed by atoms with Gasteiger partial charge in [-0.1, -0.05) is 17.7 Å². The van der Waals surface area contributed by atoms with Crippen LogP contribution in [0.4, 0.5) is 52.3 Å². The van der Waals surface area contributed by atoms with Gasteiger partial charge in [0.25, 0.3) is 25.2 Å². The summed E-state index contributed by atoms with van der Waals surface area (Å²) in [6, 6.07) is 10.0. The highest BCUT2D eigenvalue weighted by Crippen LogP contribution is 2.39. The summed E-state index contributed by atoms with van der Waals surface area (Å²) in [5.41, 5.74) is -2.26. The number of nitrogens with zero attached hydrogens (tertiary/aromatic N) is 7. The highest BCUT2D eigenvalue weighted by Gasteiger charge is 2.37. The number of sulfonamides is 1. The molecule has 0 spiro atoms. The van der Waals surface area contributed by atoms with Gasteiger partial charge in [-0.2, -0.15) is 10.2 Å². The number of alkyl halides is 6. The van der Waals surface area contributed by atoms with Gasteiger partial charge in [-0.05, 0) is 80.3 Å². The molecule has 1 aliphatic carbocycles. The minimum Gasteiger partial charge on any atom is -0.346 e. The number of aliphatic imine (C=N–C) groups is 1. The van der Waals surface area contributed by atoms with Crippen LogP contribution in [0.5, 0.6) is 0 Å². The van der Waals surface area contributed by atoms with Crippen molar-refractivity contribution >= 4 is 67.2 Å². The standard InChI is InChI=1S/C40H33ClF8N10O4S/c1-19(28(13-20-11-22(42)15-23(43)12-20)53-33(60)18-58-31(37(48)49)16-30(55-58)36(46)47)52-29-14-21(38-50-9-2-10-51-38)3-6-25(29)40(61)54-27-8-7-26(41)34-35(27)59(17-32(44)45)56-39(34)57-64(62,63)24-4-5-24/h2-3,6-12,14-16,24,28,32,36-37H,4-5,13,17-18H2,1H3,(H,53,60)(H,54,61)(H,56,57)/t28-/m0/s1. The maximum atomic E-state index is 14.4. The predicted molar refractivity (Wildman–Crippen MR) is 219 cm³/mol. The number of hydrogen-bond acceptors (Lipinski definition) is 9. The molecule has 1 saturated carbocycles. The van der Waals surface area contributed by atoms with Crippen molar-refractivity contribution in [1.82, 2.24) is 34.8 Å². The average molecular weight is 937 g/mol. The summed E-state index contributed by atoms with van der Waals surface area (Å²) in [4.78, 5) is 40.8. The highest BCUT2D eigenvalue weighted by atomic mass is 35.5. The van der Waals surface area contributed by atoms with Crippen LogP contribution < -0.4 is 15.4 Å². The summed E-state index contributed by atoms with van der Waals surface area (Å²) < 4.78 is 140. The van der Waals surface area contributed by atoms with Crippen LogP contribution in [0.2, 0.25) is 5.02 Å². The lowest BCUT2D eigenvalue weighted by molar-refractivity contribution is -0.122. The van der Waals surface area contributed by atoms with Crippen LogP contribution in [0.3, 0.4) is 0 Å². The summed E-state index contributed by atoms with van der Waals surface area (Å²) in [5, 5.41) is 11.8. The summed E-state index contributed by atoms with van der Waals surface area (Å²) >= 11 is 6.48. The van der Waals surface area contributed by atoms with Crippen molar-refractivity contribution in [3.8, 4) is 11.4 Å². The predicted octanol–water partition coefficient (Wildman–Crippen LogP) is 8.44. The molecule has 0 bridgehead atoms. The van der Waals surface area contributed by atoms with E-state index < -0.39 is 88.5 Å². The summed E-state index contributed by atoms with van der Waals surface area (Å²) in [6.07, 6.45) is -6.22. The minimum atomic E-state index is -3.96. The first-order valence-electron chi connectivity index (χ1n) is 19.0. The molecule has 6 aromatic rings. The Morgan fingerprint density at radius 3 is 2.25 bits per heavy atom.